The van der Waals surface area contributed by atoms with Crippen LogP contribution in [-0.4, -0.2) is 47.5 Å². The summed E-state index contributed by atoms with van der Waals surface area (Å²) in [6.07, 6.45) is 4.20. The molecule has 2 aromatic rings. The van der Waals surface area contributed by atoms with Crippen LogP contribution in [0.25, 0.3) is 11.0 Å². The minimum absolute atomic E-state index is 0.0199. The Labute approximate surface area is 122 Å². The normalized spacial score (nSPS) is 19.6. The van der Waals surface area contributed by atoms with Gasteiger partial charge < -0.3 is 9.88 Å². The second kappa shape index (κ2) is 5.12. The Morgan fingerprint density at radius 3 is 3.00 bits per heavy atom. The van der Waals surface area contributed by atoms with E-state index in [9.17, 15) is 13.2 Å². The van der Waals surface area contributed by atoms with E-state index in [1.54, 1.807) is 11.1 Å². The minimum Gasteiger partial charge on any atom is -0.346 e. The van der Waals surface area contributed by atoms with Crippen molar-refractivity contribution < 1.29 is 13.2 Å². The van der Waals surface area contributed by atoms with Crippen LogP contribution in [0.15, 0.2) is 24.5 Å². The summed E-state index contributed by atoms with van der Waals surface area (Å²) in [5, 5.41) is 5.34. The Morgan fingerprint density at radius 1 is 1.48 bits per heavy atom. The van der Waals surface area contributed by atoms with E-state index >= 15 is 0 Å². The molecule has 1 amide bonds. The summed E-state index contributed by atoms with van der Waals surface area (Å²) in [5.74, 6) is -0.162. The molecular formula is C13H16N4O3S. The Morgan fingerprint density at radius 2 is 2.29 bits per heavy atom. The van der Waals surface area contributed by atoms with Crippen molar-refractivity contribution in [2.75, 3.05) is 13.1 Å². The standard InChI is InChI=1S/C13H16N4O3S/c14-21(19,20)11-6-12(18)17(8-11)4-2-9-5-10-1-3-15-13(10)16-7-9/h1,3,5,7,11H,2,4,6,8H2,(H,15,16)(H2,14,19,20). The third-order valence-corrected chi connectivity index (χ3v) is 5.02. The summed E-state index contributed by atoms with van der Waals surface area (Å²) < 4.78 is 22.6. The van der Waals surface area contributed by atoms with Gasteiger partial charge in [-0.3, -0.25) is 4.79 Å². The van der Waals surface area contributed by atoms with Crippen molar-refractivity contribution in [1.82, 2.24) is 14.9 Å². The van der Waals surface area contributed by atoms with Gasteiger partial charge >= 0.3 is 0 Å². The molecule has 3 rings (SSSR count). The van der Waals surface area contributed by atoms with E-state index in [-0.39, 0.29) is 18.9 Å². The monoisotopic (exact) mass is 308 g/mol. The van der Waals surface area contributed by atoms with Gasteiger partial charge in [-0.2, -0.15) is 0 Å². The molecule has 1 aliphatic heterocycles. The number of carbonyl (C=O) groups excluding carboxylic acids is 1. The van der Waals surface area contributed by atoms with Crippen molar-refractivity contribution >= 4 is 27.0 Å². The summed E-state index contributed by atoms with van der Waals surface area (Å²) in [4.78, 5) is 20.7. The molecule has 3 N–H and O–H groups in total. The number of rotatable bonds is 4. The Hall–Kier alpha value is -1.93. The fraction of sp³-hybridized carbons (Fsp3) is 0.385. The van der Waals surface area contributed by atoms with Crippen molar-refractivity contribution in [2.24, 2.45) is 5.14 Å². The lowest BCUT2D eigenvalue weighted by Gasteiger charge is -2.16. The van der Waals surface area contributed by atoms with Gasteiger partial charge in [0.1, 0.15) is 10.9 Å². The number of H-pyrrole nitrogens is 1. The molecule has 0 aliphatic carbocycles. The predicted octanol–water partition coefficient (Wildman–Crippen LogP) is -0.00520. The van der Waals surface area contributed by atoms with Crippen LogP contribution in [0.4, 0.5) is 0 Å². The maximum absolute atomic E-state index is 11.8. The molecule has 21 heavy (non-hydrogen) atoms. The molecule has 0 radical (unpaired) electrons. The Bertz CT molecular complexity index is 784. The molecule has 1 saturated heterocycles. The molecule has 1 fully saturated rings. The molecule has 1 unspecified atom stereocenters. The molecule has 0 saturated carbocycles. The van der Waals surface area contributed by atoms with Crippen LogP contribution in [0.3, 0.4) is 0 Å². The van der Waals surface area contributed by atoms with Gasteiger partial charge in [0.15, 0.2) is 0 Å². The highest BCUT2D eigenvalue weighted by Gasteiger charge is 2.35. The maximum Gasteiger partial charge on any atom is 0.224 e. The molecule has 0 spiro atoms. The highest BCUT2D eigenvalue weighted by molar-refractivity contribution is 7.89. The second-order valence-corrected chi connectivity index (χ2v) is 7.11. The lowest BCUT2D eigenvalue weighted by Crippen LogP contribution is -2.33. The van der Waals surface area contributed by atoms with Gasteiger partial charge in [0, 0.05) is 37.3 Å². The summed E-state index contributed by atoms with van der Waals surface area (Å²) >= 11 is 0. The molecule has 0 bridgehead atoms. The number of primary sulfonamides is 1. The third kappa shape index (κ3) is 2.91. The van der Waals surface area contributed by atoms with Crippen LogP contribution in [0.5, 0.6) is 0 Å². The number of hydrogen-bond acceptors (Lipinski definition) is 4. The van der Waals surface area contributed by atoms with E-state index in [1.165, 1.54) is 0 Å². The average molecular weight is 308 g/mol. The molecular weight excluding hydrogens is 292 g/mol. The van der Waals surface area contributed by atoms with Crippen LogP contribution in [0.1, 0.15) is 12.0 Å². The number of aromatic amines is 1. The zero-order chi connectivity index (χ0) is 15.0. The fourth-order valence-corrected chi connectivity index (χ4v) is 3.32. The van der Waals surface area contributed by atoms with Crippen molar-refractivity contribution in [3.05, 3.63) is 30.1 Å². The Kier molecular flexibility index (Phi) is 3.42. The lowest BCUT2D eigenvalue weighted by molar-refractivity contribution is -0.127. The summed E-state index contributed by atoms with van der Waals surface area (Å²) in [6, 6.07) is 3.94. The second-order valence-electron chi connectivity index (χ2n) is 5.26. The third-order valence-electron chi connectivity index (χ3n) is 3.77. The first kappa shape index (κ1) is 14.0. The van der Waals surface area contributed by atoms with Gasteiger partial charge in [-0.05, 0) is 24.1 Å². The summed E-state index contributed by atoms with van der Waals surface area (Å²) in [5.41, 5.74) is 1.83. The first-order valence-corrected chi connectivity index (χ1v) is 8.26. The quantitative estimate of drug-likeness (QED) is 0.828. The number of nitrogens with one attached hydrogen (secondary N) is 1. The first-order valence-electron chi connectivity index (χ1n) is 6.65. The number of carbonyl (C=O) groups is 1. The molecule has 2 aromatic heterocycles. The summed E-state index contributed by atoms with van der Waals surface area (Å²) in [6.45, 7) is 0.653. The SMILES string of the molecule is NS(=O)(=O)C1CC(=O)N(CCc2cnc3[nH]ccc3c2)C1. The van der Waals surface area contributed by atoms with E-state index in [0.717, 1.165) is 16.6 Å². The number of likely N-dealkylation sites (tertiary alicyclic amines) is 1. The van der Waals surface area contributed by atoms with Gasteiger partial charge in [0.2, 0.25) is 15.9 Å². The number of sulfonamides is 1. The highest BCUT2D eigenvalue weighted by Crippen LogP contribution is 2.18. The number of nitrogens with two attached hydrogens (primary N) is 1. The van der Waals surface area contributed by atoms with Crippen LogP contribution < -0.4 is 5.14 Å². The van der Waals surface area contributed by atoms with Crippen molar-refractivity contribution in [3.8, 4) is 0 Å². The van der Waals surface area contributed by atoms with Crippen LogP contribution in [0.2, 0.25) is 0 Å². The van der Waals surface area contributed by atoms with Gasteiger partial charge in [-0.1, -0.05) is 0 Å². The number of nitrogens with zero attached hydrogens (tertiary/aromatic N) is 2. The zero-order valence-corrected chi connectivity index (χ0v) is 12.1. The zero-order valence-electron chi connectivity index (χ0n) is 11.3. The van der Waals surface area contributed by atoms with E-state index in [4.69, 9.17) is 5.14 Å². The number of hydrogen-bond donors (Lipinski definition) is 2. The highest BCUT2D eigenvalue weighted by atomic mass is 32.2. The van der Waals surface area contributed by atoms with Gasteiger partial charge in [-0.15, -0.1) is 0 Å². The van der Waals surface area contributed by atoms with E-state index in [0.29, 0.717) is 13.0 Å². The minimum atomic E-state index is -3.65. The maximum atomic E-state index is 11.8. The molecule has 7 nitrogen and oxygen atoms in total. The molecule has 1 aliphatic rings. The number of aromatic nitrogens is 2. The number of pyridine rings is 1. The Balaban J connectivity index is 1.66. The van der Waals surface area contributed by atoms with Gasteiger partial charge in [0.05, 0.1) is 0 Å². The van der Waals surface area contributed by atoms with Crippen LogP contribution in [-0.2, 0) is 21.2 Å². The molecule has 1 atom stereocenters. The number of amides is 1. The van der Waals surface area contributed by atoms with Crippen LogP contribution >= 0.6 is 0 Å². The van der Waals surface area contributed by atoms with Gasteiger partial charge in [-0.25, -0.2) is 18.5 Å². The van der Waals surface area contributed by atoms with Crippen LogP contribution in [0, 0.1) is 0 Å². The van der Waals surface area contributed by atoms with E-state index in [2.05, 4.69) is 9.97 Å². The van der Waals surface area contributed by atoms with Gasteiger partial charge in [0.25, 0.3) is 0 Å². The largest absolute Gasteiger partial charge is 0.346 e. The predicted molar refractivity (Wildman–Crippen MR) is 77.9 cm³/mol. The van der Waals surface area contributed by atoms with E-state index < -0.39 is 15.3 Å². The molecule has 0 aromatic carbocycles. The molecule has 8 heteroatoms. The first-order chi connectivity index (χ1) is 9.93. The fourth-order valence-electron chi connectivity index (χ4n) is 2.56. The van der Waals surface area contributed by atoms with E-state index in [1.807, 2.05) is 18.3 Å². The number of fused-ring (bicyclic) bond motifs is 1. The topological polar surface area (TPSA) is 109 Å². The average Bonchev–Trinajstić information content (AvgIpc) is 3.01. The molecule has 112 valence electrons. The van der Waals surface area contributed by atoms with Crippen molar-refractivity contribution in [3.63, 3.8) is 0 Å². The molecule has 3 heterocycles. The van der Waals surface area contributed by atoms with Crippen molar-refractivity contribution in [2.45, 2.75) is 18.1 Å². The lowest BCUT2D eigenvalue weighted by atomic mass is 10.2. The van der Waals surface area contributed by atoms with Crippen molar-refractivity contribution in [1.29, 1.82) is 0 Å². The smallest absolute Gasteiger partial charge is 0.224 e. The summed E-state index contributed by atoms with van der Waals surface area (Å²) in [7, 11) is -3.65.